The molecule has 0 saturated heterocycles. The maximum Gasteiger partial charge on any atom is 0.325 e. The molecule has 0 saturated carbocycles. The topological polar surface area (TPSA) is 66.4 Å². The molecular weight excluding hydrogens is 182 g/mol. The number of rotatable bonds is 6. The summed E-state index contributed by atoms with van der Waals surface area (Å²) in [5.74, 6) is -1.27. The number of carboxylic acid groups (broad SMARTS) is 1. The lowest BCUT2D eigenvalue weighted by atomic mass is 10.0. The predicted octanol–water partition coefficient (Wildman–Crippen LogP) is 1.40. The van der Waals surface area contributed by atoms with E-state index in [4.69, 9.17) is 5.11 Å². The van der Waals surface area contributed by atoms with Crippen LogP contribution in [0.4, 0.5) is 0 Å². The smallest absolute Gasteiger partial charge is 0.325 e. The summed E-state index contributed by atoms with van der Waals surface area (Å²) < 4.78 is 0. The fourth-order valence-electron chi connectivity index (χ4n) is 1.06. The van der Waals surface area contributed by atoms with E-state index in [1.54, 1.807) is 0 Å². The lowest BCUT2D eigenvalue weighted by Gasteiger charge is -2.14. The van der Waals surface area contributed by atoms with Gasteiger partial charge in [-0.05, 0) is 13.3 Å². The molecule has 0 aromatic heterocycles. The van der Waals surface area contributed by atoms with Crippen LogP contribution >= 0.6 is 0 Å². The third-order valence-corrected chi connectivity index (χ3v) is 2.17. The lowest BCUT2D eigenvalue weighted by Crippen LogP contribution is -2.41. The molecule has 0 fully saturated rings. The van der Waals surface area contributed by atoms with Crippen molar-refractivity contribution < 1.29 is 14.7 Å². The van der Waals surface area contributed by atoms with Crippen LogP contribution in [-0.4, -0.2) is 23.0 Å². The molecule has 1 amide bonds. The van der Waals surface area contributed by atoms with E-state index in [9.17, 15) is 9.59 Å². The van der Waals surface area contributed by atoms with E-state index in [1.165, 1.54) is 6.92 Å². The Hall–Kier alpha value is -1.06. The molecule has 0 aliphatic rings. The first-order valence-electron chi connectivity index (χ1n) is 5.02. The summed E-state index contributed by atoms with van der Waals surface area (Å²) in [5, 5.41) is 11.0. The third-order valence-electron chi connectivity index (χ3n) is 2.17. The van der Waals surface area contributed by atoms with E-state index in [1.807, 2.05) is 6.92 Å². The van der Waals surface area contributed by atoms with Crippen molar-refractivity contribution in [1.29, 1.82) is 0 Å². The van der Waals surface area contributed by atoms with E-state index in [0.29, 0.717) is 0 Å². The fraction of sp³-hybridized carbons (Fsp3) is 0.800. The second kappa shape index (κ2) is 6.40. The molecule has 14 heavy (non-hydrogen) atoms. The van der Waals surface area contributed by atoms with Crippen LogP contribution < -0.4 is 5.32 Å². The summed E-state index contributed by atoms with van der Waals surface area (Å²) in [6.45, 7) is 5.34. The van der Waals surface area contributed by atoms with E-state index in [2.05, 4.69) is 12.2 Å². The highest BCUT2D eigenvalue weighted by atomic mass is 16.4. The highest BCUT2D eigenvalue weighted by Crippen LogP contribution is 2.07. The average molecular weight is 201 g/mol. The molecule has 0 heterocycles. The molecule has 0 aliphatic heterocycles. The minimum Gasteiger partial charge on any atom is -0.480 e. The van der Waals surface area contributed by atoms with Crippen molar-refractivity contribution in [2.45, 2.75) is 46.1 Å². The minimum atomic E-state index is -0.999. The lowest BCUT2D eigenvalue weighted by molar-refractivity contribution is -0.141. The maximum atomic E-state index is 11.4. The largest absolute Gasteiger partial charge is 0.480 e. The molecule has 4 nitrogen and oxygen atoms in total. The van der Waals surface area contributed by atoms with Crippen molar-refractivity contribution in [3.8, 4) is 0 Å². The molecule has 0 rings (SSSR count). The highest BCUT2D eigenvalue weighted by Gasteiger charge is 2.18. The van der Waals surface area contributed by atoms with Crippen LogP contribution in [0.1, 0.15) is 40.0 Å². The van der Waals surface area contributed by atoms with Gasteiger partial charge in [-0.1, -0.05) is 26.7 Å². The van der Waals surface area contributed by atoms with E-state index in [0.717, 1.165) is 19.3 Å². The maximum absolute atomic E-state index is 11.4. The molecule has 2 N–H and O–H groups in total. The number of carbonyl (C=O) groups is 2. The zero-order chi connectivity index (χ0) is 11.1. The number of nitrogens with one attached hydrogen (secondary N) is 1. The molecule has 0 bridgehead atoms. The van der Waals surface area contributed by atoms with Gasteiger partial charge < -0.3 is 10.4 Å². The quantitative estimate of drug-likeness (QED) is 0.682. The summed E-state index contributed by atoms with van der Waals surface area (Å²) in [5.41, 5.74) is 0. The van der Waals surface area contributed by atoms with E-state index < -0.39 is 12.0 Å². The predicted molar refractivity (Wildman–Crippen MR) is 53.9 cm³/mol. The van der Waals surface area contributed by atoms with E-state index in [-0.39, 0.29) is 11.8 Å². The van der Waals surface area contributed by atoms with Crippen molar-refractivity contribution in [2.75, 3.05) is 0 Å². The third kappa shape index (κ3) is 4.84. The molecule has 0 aromatic carbocycles. The van der Waals surface area contributed by atoms with Crippen molar-refractivity contribution in [2.24, 2.45) is 5.92 Å². The van der Waals surface area contributed by atoms with Gasteiger partial charge in [0, 0.05) is 5.92 Å². The van der Waals surface area contributed by atoms with Gasteiger partial charge in [0.2, 0.25) is 5.91 Å². The Morgan fingerprint density at radius 1 is 1.36 bits per heavy atom. The van der Waals surface area contributed by atoms with Gasteiger partial charge in [0.25, 0.3) is 0 Å². The molecular formula is C10H19NO3. The Morgan fingerprint density at radius 2 is 1.93 bits per heavy atom. The van der Waals surface area contributed by atoms with E-state index >= 15 is 0 Å². The molecule has 0 radical (unpaired) electrons. The summed E-state index contributed by atoms with van der Waals surface area (Å²) >= 11 is 0. The SMILES string of the molecule is CCCCC(C)C(=O)N[C@H](C)C(=O)O. The van der Waals surface area contributed by atoms with Gasteiger partial charge in [-0.15, -0.1) is 0 Å². The number of carboxylic acids is 1. The second-order valence-corrected chi connectivity index (χ2v) is 3.61. The zero-order valence-corrected chi connectivity index (χ0v) is 9.04. The van der Waals surface area contributed by atoms with Crippen LogP contribution in [0.3, 0.4) is 0 Å². The Balaban J connectivity index is 3.88. The number of carbonyl (C=O) groups excluding carboxylic acids is 1. The molecule has 2 atom stereocenters. The second-order valence-electron chi connectivity index (χ2n) is 3.61. The number of amides is 1. The van der Waals surface area contributed by atoms with Crippen LogP contribution in [0.2, 0.25) is 0 Å². The molecule has 0 aliphatic carbocycles. The van der Waals surface area contributed by atoms with Crippen LogP contribution in [0.15, 0.2) is 0 Å². The summed E-state index contributed by atoms with van der Waals surface area (Å²) in [6, 6.07) is -0.799. The normalized spacial score (nSPS) is 14.5. The molecule has 4 heteroatoms. The summed E-state index contributed by atoms with van der Waals surface area (Å²) in [4.78, 5) is 21.8. The minimum absolute atomic E-state index is 0.100. The van der Waals surface area contributed by atoms with Gasteiger partial charge in [0.1, 0.15) is 6.04 Å². The van der Waals surface area contributed by atoms with Gasteiger partial charge in [-0.3, -0.25) is 9.59 Å². The van der Waals surface area contributed by atoms with Crippen molar-refractivity contribution in [3.63, 3.8) is 0 Å². The first kappa shape index (κ1) is 12.9. The Morgan fingerprint density at radius 3 is 2.36 bits per heavy atom. The number of hydrogen-bond acceptors (Lipinski definition) is 2. The first-order valence-corrected chi connectivity index (χ1v) is 5.02. The highest BCUT2D eigenvalue weighted by molar-refractivity contribution is 5.84. The van der Waals surface area contributed by atoms with Crippen molar-refractivity contribution >= 4 is 11.9 Å². The molecule has 82 valence electrons. The van der Waals surface area contributed by atoms with Gasteiger partial charge in [0.05, 0.1) is 0 Å². The number of hydrogen-bond donors (Lipinski definition) is 2. The first-order chi connectivity index (χ1) is 6.49. The van der Waals surface area contributed by atoms with Gasteiger partial charge in [-0.25, -0.2) is 0 Å². The Bertz CT molecular complexity index is 204. The van der Waals surface area contributed by atoms with Crippen molar-refractivity contribution in [3.05, 3.63) is 0 Å². The van der Waals surface area contributed by atoms with Crippen LogP contribution in [0.25, 0.3) is 0 Å². The van der Waals surface area contributed by atoms with Crippen LogP contribution in [0.5, 0.6) is 0 Å². The Kier molecular flexibility index (Phi) is 5.92. The zero-order valence-electron chi connectivity index (χ0n) is 9.04. The molecule has 0 spiro atoms. The summed E-state index contributed by atoms with van der Waals surface area (Å²) in [6.07, 6.45) is 2.86. The van der Waals surface area contributed by atoms with Crippen molar-refractivity contribution in [1.82, 2.24) is 5.32 Å². The standard InChI is InChI=1S/C10H19NO3/c1-4-5-6-7(2)9(12)11-8(3)10(13)14/h7-8H,4-6H2,1-3H3,(H,11,12)(H,13,14)/t7?,8-/m1/s1. The summed E-state index contributed by atoms with van der Waals surface area (Å²) in [7, 11) is 0. The van der Waals surface area contributed by atoms with Gasteiger partial charge >= 0.3 is 5.97 Å². The monoisotopic (exact) mass is 201 g/mol. The Labute approximate surface area is 84.7 Å². The van der Waals surface area contributed by atoms with Crippen LogP contribution in [-0.2, 0) is 9.59 Å². The molecule has 0 aromatic rings. The number of unbranched alkanes of at least 4 members (excludes halogenated alkanes) is 1. The van der Waals surface area contributed by atoms with Crippen LogP contribution in [0, 0.1) is 5.92 Å². The average Bonchev–Trinajstić information content (AvgIpc) is 2.13. The van der Waals surface area contributed by atoms with Gasteiger partial charge in [-0.2, -0.15) is 0 Å². The number of aliphatic carboxylic acids is 1. The van der Waals surface area contributed by atoms with Gasteiger partial charge in [0.15, 0.2) is 0 Å². The fourth-order valence-corrected chi connectivity index (χ4v) is 1.06. The molecule has 1 unspecified atom stereocenters.